The molecule has 3 rings (SSSR count). The van der Waals surface area contributed by atoms with Crippen LogP contribution in [0.15, 0.2) is 42.5 Å². The second kappa shape index (κ2) is 8.83. The third-order valence-corrected chi connectivity index (χ3v) is 4.71. The number of carbonyl (C=O) groups excluding carboxylic acids is 1. The lowest BCUT2D eigenvalue weighted by Gasteiger charge is -2.22. The third-order valence-electron chi connectivity index (χ3n) is 4.71. The van der Waals surface area contributed by atoms with Crippen molar-refractivity contribution in [3.8, 4) is 5.75 Å². The molecule has 1 aliphatic heterocycles. The van der Waals surface area contributed by atoms with Gasteiger partial charge in [0.1, 0.15) is 5.75 Å². The van der Waals surface area contributed by atoms with Gasteiger partial charge in [-0.05, 0) is 55.0 Å². The van der Waals surface area contributed by atoms with Gasteiger partial charge in [0, 0.05) is 37.1 Å². The minimum Gasteiger partial charge on any atom is -0.493 e. The van der Waals surface area contributed by atoms with E-state index in [9.17, 15) is 4.79 Å². The Bertz CT molecular complexity index is 737. The highest BCUT2D eigenvalue weighted by Gasteiger charge is 2.15. The molecule has 0 aromatic heterocycles. The van der Waals surface area contributed by atoms with Crippen LogP contribution in [-0.4, -0.2) is 25.7 Å². The zero-order valence-corrected chi connectivity index (χ0v) is 15.2. The summed E-state index contributed by atoms with van der Waals surface area (Å²) in [6.07, 6.45) is 2.07. The highest BCUT2D eigenvalue weighted by molar-refractivity contribution is 6.04. The molecule has 5 heteroatoms. The average molecular weight is 354 g/mol. The summed E-state index contributed by atoms with van der Waals surface area (Å²) in [6, 6.07) is 13.1. The van der Waals surface area contributed by atoms with Gasteiger partial charge in [0.25, 0.3) is 5.91 Å². The predicted molar refractivity (Wildman–Crippen MR) is 103 cm³/mol. The molecule has 1 amide bonds. The van der Waals surface area contributed by atoms with Crippen LogP contribution in [0, 0.1) is 12.8 Å². The van der Waals surface area contributed by atoms with Crippen LogP contribution in [0.25, 0.3) is 0 Å². The van der Waals surface area contributed by atoms with E-state index < -0.39 is 0 Å². The minimum atomic E-state index is -0.146. The second-order valence-corrected chi connectivity index (χ2v) is 6.70. The monoisotopic (exact) mass is 354 g/mol. The van der Waals surface area contributed by atoms with E-state index in [1.165, 1.54) is 0 Å². The predicted octanol–water partition coefficient (Wildman–Crippen LogP) is 3.51. The molecular formula is C21H26N2O3. The van der Waals surface area contributed by atoms with Gasteiger partial charge in [-0.3, -0.25) is 4.79 Å². The molecule has 3 N–H and O–H groups in total. The topological polar surface area (TPSA) is 73.6 Å². The maximum atomic E-state index is 12.4. The Kier molecular flexibility index (Phi) is 6.26. The summed E-state index contributed by atoms with van der Waals surface area (Å²) < 4.78 is 11.4. The van der Waals surface area contributed by atoms with Gasteiger partial charge in [-0.15, -0.1) is 0 Å². The van der Waals surface area contributed by atoms with Crippen molar-refractivity contribution in [1.82, 2.24) is 0 Å². The molecule has 0 aliphatic carbocycles. The van der Waals surface area contributed by atoms with E-state index in [1.807, 2.05) is 37.3 Å². The molecule has 1 heterocycles. The Morgan fingerprint density at radius 3 is 2.62 bits per heavy atom. The van der Waals surface area contributed by atoms with Gasteiger partial charge in [0.05, 0.1) is 6.61 Å². The van der Waals surface area contributed by atoms with Gasteiger partial charge in [0.2, 0.25) is 0 Å². The van der Waals surface area contributed by atoms with Crippen molar-refractivity contribution in [2.75, 3.05) is 25.1 Å². The van der Waals surface area contributed by atoms with Crippen molar-refractivity contribution in [3.05, 3.63) is 59.2 Å². The largest absolute Gasteiger partial charge is 0.493 e. The molecule has 0 radical (unpaired) electrons. The fourth-order valence-corrected chi connectivity index (χ4v) is 2.95. The normalized spacial score (nSPS) is 14.8. The van der Waals surface area contributed by atoms with Crippen molar-refractivity contribution < 1.29 is 14.3 Å². The molecule has 1 fully saturated rings. The molecule has 1 saturated heterocycles. The first-order chi connectivity index (χ1) is 12.7. The summed E-state index contributed by atoms with van der Waals surface area (Å²) in [5.41, 5.74) is 8.98. The van der Waals surface area contributed by atoms with Crippen molar-refractivity contribution in [1.29, 1.82) is 0 Å². The Morgan fingerprint density at radius 1 is 1.19 bits per heavy atom. The van der Waals surface area contributed by atoms with E-state index in [0.29, 0.717) is 24.6 Å². The Balaban J connectivity index is 1.63. The molecule has 1 aliphatic rings. The van der Waals surface area contributed by atoms with Crippen molar-refractivity contribution in [2.45, 2.75) is 26.3 Å². The highest BCUT2D eigenvalue weighted by Crippen LogP contribution is 2.25. The summed E-state index contributed by atoms with van der Waals surface area (Å²) in [7, 11) is 0. The van der Waals surface area contributed by atoms with Crippen LogP contribution in [0.3, 0.4) is 0 Å². The first-order valence-corrected chi connectivity index (χ1v) is 9.07. The van der Waals surface area contributed by atoms with Crippen molar-refractivity contribution >= 4 is 11.6 Å². The van der Waals surface area contributed by atoms with Gasteiger partial charge < -0.3 is 20.5 Å². The minimum absolute atomic E-state index is 0.146. The van der Waals surface area contributed by atoms with E-state index >= 15 is 0 Å². The summed E-state index contributed by atoms with van der Waals surface area (Å²) in [5, 5.41) is 2.93. The zero-order chi connectivity index (χ0) is 18.4. The number of hydrogen-bond donors (Lipinski definition) is 2. The van der Waals surface area contributed by atoms with Crippen LogP contribution >= 0.6 is 0 Å². The Morgan fingerprint density at radius 2 is 1.92 bits per heavy atom. The van der Waals surface area contributed by atoms with E-state index in [2.05, 4.69) is 5.32 Å². The quantitative estimate of drug-likeness (QED) is 0.832. The van der Waals surface area contributed by atoms with Crippen LogP contribution in [0.1, 0.15) is 34.3 Å². The molecule has 5 nitrogen and oxygen atoms in total. The molecule has 2 aromatic carbocycles. The molecule has 2 aromatic rings. The third kappa shape index (κ3) is 4.84. The van der Waals surface area contributed by atoms with Crippen LogP contribution in [0.5, 0.6) is 5.75 Å². The number of hydrogen-bond acceptors (Lipinski definition) is 4. The number of amides is 1. The van der Waals surface area contributed by atoms with Crippen molar-refractivity contribution in [2.24, 2.45) is 11.7 Å². The molecule has 0 saturated carbocycles. The first-order valence-electron chi connectivity index (χ1n) is 9.07. The highest BCUT2D eigenvalue weighted by atomic mass is 16.5. The number of carbonyl (C=O) groups is 1. The molecule has 0 unspecified atom stereocenters. The fraction of sp³-hybridized carbons (Fsp3) is 0.381. The smallest absolute Gasteiger partial charge is 0.255 e. The van der Waals surface area contributed by atoms with E-state index in [0.717, 1.165) is 48.6 Å². The summed E-state index contributed by atoms with van der Waals surface area (Å²) >= 11 is 0. The zero-order valence-electron chi connectivity index (χ0n) is 15.2. The molecule has 138 valence electrons. The number of benzene rings is 2. The first kappa shape index (κ1) is 18.4. The molecule has 0 spiro atoms. The van der Waals surface area contributed by atoms with Crippen LogP contribution in [-0.2, 0) is 11.3 Å². The van der Waals surface area contributed by atoms with Crippen molar-refractivity contribution in [3.63, 3.8) is 0 Å². The molecule has 26 heavy (non-hydrogen) atoms. The lowest BCUT2D eigenvalue weighted by atomic mass is 10.0. The number of nitrogens with one attached hydrogen (secondary N) is 1. The van der Waals surface area contributed by atoms with Gasteiger partial charge in [-0.25, -0.2) is 0 Å². The van der Waals surface area contributed by atoms with Crippen LogP contribution in [0.2, 0.25) is 0 Å². The number of aryl methyl sites for hydroxylation is 1. The summed E-state index contributed by atoms with van der Waals surface area (Å²) in [5.74, 6) is 1.20. The van der Waals surface area contributed by atoms with E-state index in [1.54, 1.807) is 12.1 Å². The second-order valence-electron chi connectivity index (χ2n) is 6.70. The maximum Gasteiger partial charge on any atom is 0.255 e. The van der Waals surface area contributed by atoms with Crippen LogP contribution in [0.4, 0.5) is 5.69 Å². The van der Waals surface area contributed by atoms with Crippen LogP contribution < -0.4 is 15.8 Å². The van der Waals surface area contributed by atoms with Gasteiger partial charge in [-0.2, -0.15) is 0 Å². The van der Waals surface area contributed by atoms with E-state index in [4.69, 9.17) is 15.2 Å². The lowest BCUT2D eigenvalue weighted by Crippen LogP contribution is -2.21. The summed E-state index contributed by atoms with van der Waals surface area (Å²) in [4.78, 5) is 12.4. The molecular weight excluding hydrogens is 328 g/mol. The molecule has 0 bridgehead atoms. The number of nitrogens with two attached hydrogens (primary N) is 1. The van der Waals surface area contributed by atoms with Gasteiger partial charge in [0.15, 0.2) is 0 Å². The number of ether oxygens (including phenoxy) is 2. The van der Waals surface area contributed by atoms with Gasteiger partial charge in [-0.1, -0.05) is 18.2 Å². The number of anilines is 1. The lowest BCUT2D eigenvalue weighted by molar-refractivity contribution is 0.0496. The maximum absolute atomic E-state index is 12.4. The van der Waals surface area contributed by atoms with E-state index in [-0.39, 0.29) is 5.91 Å². The standard InChI is InChI=1S/C21H26N2O3/c1-15-2-7-19(12-20(15)26-14-17-8-10-25-11-9-17)23-21(24)18-5-3-16(13-22)4-6-18/h2-7,12,17H,8-11,13-14,22H2,1H3,(H,23,24). The summed E-state index contributed by atoms with van der Waals surface area (Å²) in [6.45, 7) is 4.78. The number of rotatable bonds is 6. The molecule has 0 atom stereocenters. The average Bonchev–Trinajstić information content (AvgIpc) is 2.69. The Labute approximate surface area is 154 Å². The Hall–Kier alpha value is -2.37. The van der Waals surface area contributed by atoms with Gasteiger partial charge >= 0.3 is 0 Å². The fourth-order valence-electron chi connectivity index (χ4n) is 2.95. The SMILES string of the molecule is Cc1ccc(NC(=O)c2ccc(CN)cc2)cc1OCC1CCOCC1.